The fourth-order valence-corrected chi connectivity index (χ4v) is 3.94. The Morgan fingerprint density at radius 1 is 0.964 bits per heavy atom. The van der Waals surface area contributed by atoms with Crippen LogP contribution in [0.2, 0.25) is 0 Å². The first-order chi connectivity index (χ1) is 13.5. The van der Waals surface area contributed by atoms with Crippen molar-refractivity contribution in [2.75, 3.05) is 0 Å². The summed E-state index contributed by atoms with van der Waals surface area (Å²) in [6, 6.07) is 21.0. The highest BCUT2D eigenvalue weighted by Gasteiger charge is 2.36. The molecule has 2 atom stereocenters. The molecule has 0 aromatic heterocycles. The van der Waals surface area contributed by atoms with Crippen molar-refractivity contribution in [3.05, 3.63) is 99.8 Å². The predicted octanol–water partition coefficient (Wildman–Crippen LogP) is 5.33. The molecule has 0 spiro atoms. The topological polar surface area (TPSA) is 61.7 Å². The number of hydrogen-bond acceptors (Lipinski definition) is 2. The number of hydrogen-bond donors (Lipinski definition) is 2. The third kappa shape index (κ3) is 3.43. The van der Waals surface area contributed by atoms with E-state index in [-0.39, 0.29) is 10.4 Å². The molecule has 1 aliphatic rings. The third-order valence-corrected chi connectivity index (χ3v) is 5.36. The van der Waals surface area contributed by atoms with Crippen LogP contribution in [0.4, 0.5) is 9.18 Å². The molecule has 28 heavy (non-hydrogen) atoms. The van der Waals surface area contributed by atoms with Crippen molar-refractivity contribution in [2.24, 2.45) is 4.99 Å². The largest absolute Gasteiger partial charge is 0.504 e. The zero-order valence-corrected chi connectivity index (χ0v) is 16.2. The number of phenols is 1. The molecule has 4 rings (SSSR count). The number of benzene rings is 3. The molecule has 2 unspecified atom stereocenters. The number of urea groups is 1. The summed E-state index contributed by atoms with van der Waals surface area (Å²) in [5, 5.41) is 12.6. The molecule has 2 N–H and O–H groups in total. The minimum atomic E-state index is -0.755. The van der Waals surface area contributed by atoms with Crippen LogP contribution in [0.25, 0.3) is 0 Å². The van der Waals surface area contributed by atoms with Crippen molar-refractivity contribution >= 4 is 27.7 Å². The maximum Gasteiger partial charge on any atom is 0.341 e. The molecule has 3 aromatic rings. The minimum Gasteiger partial charge on any atom is -0.504 e. The van der Waals surface area contributed by atoms with Gasteiger partial charge in [0.1, 0.15) is 0 Å². The number of halogens is 2. The molecule has 0 saturated heterocycles. The first-order valence-corrected chi connectivity index (χ1v) is 9.51. The van der Waals surface area contributed by atoms with Gasteiger partial charge in [-0.2, -0.15) is 4.99 Å². The van der Waals surface area contributed by atoms with E-state index in [0.29, 0.717) is 11.3 Å². The highest BCUT2D eigenvalue weighted by Crippen LogP contribution is 2.39. The van der Waals surface area contributed by atoms with E-state index in [0.717, 1.165) is 11.1 Å². The van der Waals surface area contributed by atoms with Gasteiger partial charge in [-0.3, -0.25) is 0 Å². The summed E-state index contributed by atoms with van der Waals surface area (Å²) in [6.45, 7) is 0. The number of aliphatic imine (C=N–C) groups is 1. The molecular formula is C22H16BrFN2O2. The maximum absolute atomic E-state index is 14.2. The second-order valence-electron chi connectivity index (χ2n) is 6.51. The standard InChI is InChI=1S/C22H16BrFN2O2/c23-16-11-15(12-17(24)21(16)27)20-18(13-7-3-1-4-8-13)19(25-22(28)26-20)14-9-5-2-6-10-14/h1-12,18,20,27H,(H,26,28). The van der Waals surface area contributed by atoms with Crippen molar-refractivity contribution in [2.45, 2.75) is 12.0 Å². The molecule has 1 heterocycles. The van der Waals surface area contributed by atoms with Crippen LogP contribution in [-0.2, 0) is 0 Å². The van der Waals surface area contributed by atoms with Gasteiger partial charge in [-0.1, -0.05) is 60.7 Å². The van der Waals surface area contributed by atoms with Crippen molar-refractivity contribution in [3.63, 3.8) is 0 Å². The van der Waals surface area contributed by atoms with Crippen LogP contribution in [0, 0.1) is 5.82 Å². The van der Waals surface area contributed by atoms with Crippen LogP contribution in [0.1, 0.15) is 28.7 Å². The van der Waals surface area contributed by atoms with E-state index < -0.39 is 23.6 Å². The lowest BCUT2D eigenvalue weighted by Crippen LogP contribution is -2.40. The highest BCUT2D eigenvalue weighted by molar-refractivity contribution is 9.10. The van der Waals surface area contributed by atoms with Crippen LogP contribution in [-0.4, -0.2) is 16.8 Å². The molecule has 0 fully saturated rings. The number of aromatic hydroxyl groups is 1. The van der Waals surface area contributed by atoms with Crippen LogP contribution in [0.5, 0.6) is 5.75 Å². The SMILES string of the molecule is O=C1N=C(c2ccccc2)C(c2ccccc2)C(c2cc(F)c(O)c(Br)c2)N1. The Bertz CT molecular complexity index is 1030. The number of carbonyl (C=O) groups excluding carboxylic acids is 1. The average molecular weight is 439 g/mol. The van der Waals surface area contributed by atoms with E-state index in [4.69, 9.17) is 0 Å². The Morgan fingerprint density at radius 3 is 2.25 bits per heavy atom. The number of nitrogens with one attached hydrogen (secondary N) is 1. The summed E-state index contributed by atoms with van der Waals surface area (Å²) in [6.07, 6.45) is 0. The Hall–Kier alpha value is -2.99. The highest BCUT2D eigenvalue weighted by atomic mass is 79.9. The van der Waals surface area contributed by atoms with Gasteiger partial charge in [0.25, 0.3) is 0 Å². The van der Waals surface area contributed by atoms with Gasteiger partial charge in [0, 0.05) is 0 Å². The summed E-state index contributed by atoms with van der Waals surface area (Å²) in [5.74, 6) is -1.54. The molecule has 4 nitrogen and oxygen atoms in total. The molecule has 6 heteroatoms. The Labute approximate surface area is 169 Å². The maximum atomic E-state index is 14.2. The van der Waals surface area contributed by atoms with E-state index in [1.165, 1.54) is 6.07 Å². The fourth-order valence-electron chi connectivity index (χ4n) is 3.49. The molecule has 0 aliphatic carbocycles. The van der Waals surface area contributed by atoms with E-state index in [1.54, 1.807) is 6.07 Å². The van der Waals surface area contributed by atoms with Gasteiger partial charge in [0.2, 0.25) is 0 Å². The summed E-state index contributed by atoms with van der Waals surface area (Å²) >= 11 is 3.18. The molecule has 3 aromatic carbocycles. The number of amides is 2. The summed E-state index contributed by atoms with van der Waals surface area (Å²) < 4.78 is 14.4. The number of nitrogens with zero attached hydrogens (tertiary/aromatic N) is 1. The molecule has 0 saturated carbocycles. The Balaban J connectivity index is 1.90. The van der Waals surface area contributed by atoms with E-state index in [2.05, 4.69) is 26.2 Å². The predicted molar refractivity (Wildman–Crippen MR) is 109 cm³/mol. The zero-order chi connectivity index (χ0) is 19.7. The second kappa shape index (κ2) is 7.56. The number of rotatable bonds is 3. The quantitative estimate of drug-likeness (QED) is 0.580. The van der Waals surface area contributed by atoms with Gasteiger partial charge in [0.15, 0.2) is 11.6 Å². The average Bonchev–Trinajstić information content (AvgIpc) is 2.72. The third-order valence-electron chi connectivity index (χ3n) is 4.76. The Morgan fingerprint density at radius 2 is 1.61 bits per heavy atom. The molecule has 2 amide bonds. The summed E-state index contributed by atoms with van der Waals surface area (Å²) in [7, 11) is 0. The van der Waals surface area contributed by atoms with E-state index in [1.807, 2.05) is 60.7 Å². The van der Waals surface area contributed by atoms with Gasteiger partial charge in [0.05, 0.1) is 22.1 Å². The second-order valence-corrected chi connectivity index (χ2v) is 7.37. The van der Waals surface area contributed by atoms with Crippen molar-refractivity contribution in [1.82, 2.24) is 5.32 Å². The van der Waals surface area contributed by atoms with E-state index in [9.17, 15) is 14.3 Å². The van der Waals surface area contributed by atoms with E-state index >= 15 is 0 Å². The van der Waals surface area contributed by atoms with Crippen molar-refractivity contribution in [1.29, 1.82) is 0 Å². The minimum absolute atomic E-state index is 0.229. The lowest BCUT2D eigenvalue weighted by atomic mass is 9.80. The first-order valence-electron chi connectivity index (χ1n) is 8.72. The monoisotopic (exact) mass is 438 g/mol. The van der Waals surface area contributed by atoms with Gasteiger partial charge in [-0.15, -0.1) is 0 Å². The van der Waals surface area contributed by atoms with Crippen molar-refractivity contribution < 1.29 is 14.3 Å². The Kier molecular flexibility index (Phi) is 4.96. The summed E-state index contributed by atoms with van der Waals surface area (Å²) in [4.78, 5) is 16.7. The fraction of sp³-hybridized carbons (Fsp3) is 0.0909. The van der Waals surface area contributed by atoms with Gasteiger partial charge >= 0.3 is 6.03 Å². The molecule has 0 radical (unpaired) electrons. The van der Waals surface area contributed by atoms with Crippen LogP contribution < -0.4 is 5.32 Å². The molecule has 140 valence electrons. The lowest BCUT2D eigenvalue weighted by molar-refractivity contribution is 0.243. The normalized spacial score (nSPS) is 19.1. The number of phenolic OH excluding ortho intramolecular Hbond substituents is 1. The lowest BCUT2D eigenvalue weighted by Gasteiger charge is -2.33. The van der Waals surface area contributed by atoms with Crippen molar-refractivity contribution in [3.8, 4) is 5.75 Å². The zero-order valence-electron chi connectivity index (χ0n) is 14.6. The number of carbonyl (C=O) groups is 1. The van der Waals surface area contributed by atoms with Crippen LogP contribution >= 0.6 is 15.9 Å². The first kappa shape index (κ1) is 18.4. The van der Waals surface area contributed by atoms with Gasteiger partial charge in [-0.05, 0) is 44.8 Å². The molecule has 1 aliphatic heterocycles. The van der Waals surface area contributed by atoms with Crippen LogP contribution in [0.15, 0.2) is 82.3 Å². The van der Waals surface area contributed by atoms with Gasteiger partial charge < -0.3 is 10.4 Å². The molecular weight excluding hydrogens is 423 g/mol. The molecule has 0 bridgehead atoms. The van der Waals surface area contributed by atoms with Gasteiger partial charge in [-0.25, -0.2) is 9.18 Å². The van der Waals surface area contributed by atoms with Crippen LogP contribution in [0.3, 0.4) is 0 Å². The smallest absolute Gasteiger partial charge is 0.341 e. The summed E-state index contributed by atoms with van der Waals surface area (Å²) in [5.41, 5.74) is 2.92.